The van der Waals surface area contributed by atoms with Crippen LogP contribution in [0.5, 0.6) is 5.75 Å². The van der Waals surface area contributed by atoms with Crippen molar-refractivity contribution in [2.45, 2.75) is 25.3 Å². The smallest absolute Gasteiger partial charge is 0.241 e. The van der Waals surface area contributed by atoms with Gasteiger partial charge in [-0.05, 0) is 68.4 Å². The summed E-state index contributed by atoms with van der Waals surface area (Å²) in [7, 11) is 1.64. The Morgan fingerprint density at radius 2 is 1.93 bits per heavy atom. The van der Waals surface area contributed by atoms with Crippen LogP contribution in [0.4, 0.5) is 4.39 Å². The van der Waals surface area contributed by atoms with E-state index in [4.69, 9.17) is 9.26 Å². The van der Waals surface area contributed by atoms with Crippen LogP contribution in [0.25, 0.3) is 22.4 Å². The third kappa shape index (κ3) is 3.78. The van der Waals surface area contributed by atoms with Crippen LogP contribution in [0, 0.1) is 5.82 Å². The highest BCUT2D eigenvalue weighted by atomic mass is 19.1. The van der Waals surface area contributed by atoms with Gasteiger partial charge in [0.05, 0.1) is 24.7 Å². The van der Waals surface area contributed by atoms with Gasteiger partial charge in [0.1, 0.15) is 17.4 Å². The Bertz CT molecular complexity index is 1150. The molecule has 1 saturated heterocycles. The third-order valence-corrected chi connectivity index (χ3v) is 5.61. The average molecular weight is 407 g/mol. The number of methoxy groups -OCH3 is 1. The molecule has 2 aromatic heterocycles. The number of hydrogen-bond acceptors (Lipinski definition) is 6. The Kier molecular flexibility index (Phi) is 4.92. The molecule has 2 aromatic carbocycles. The first-order valence-electron chi connectivity index (χ1n) is 10.0. The lowest BCUT2D eigenvalue weighted by Crippen LogP contribution is -2.32. The number of rotatable bonds is 5. The Labute approximate surface area is 172 Å². The van der Waals surface area contributed by atoms with Gasteiger partial charge < -0.3 is 14.2 Å². The molecule has 30 heavy (non-hydrogen) atoms. The minimum absolute atomic E-state index is 0.249. The van der Waals surface area contributed by atoms with Crippen molar-refractivity contribution in [3.8, 4) is 17.1 Å². The summed E-state index contributed by atoms with van der Waals surface area (Å²) in [6.45, 7) is 2.45. The standard InChI is InChI=1S/C22H22FN5O2/c1-29-17-5-2-14(3-6-17)22-26-20(30-27-22)13-28-10-8-15(9-11-28)21-24-18-7-4-16(23)12-19(18)25-21/h2-7,12,15H,8-11,13H2,1H3,(H,24,25). The summed E-state index contributed by atoms with van der Waals surface area (Å²) in [5.74, 6) is 3.01. The van der Waals surface area contributed by atoms with Crippen LogP contribution in [0.15, 0.2) is 47.0 Å². The van der Waals surface area contributed by atoms with Gasteiger partial charge in [-0.2, -0.15) is 4.98 Å². The second-order valence-corrected chi connectivity index (χ2v) is 7.57. The molecule has 0 unspecified atom stereocenters. The summed E-state index contributed by atoms with van der Waals surface area (Å²) in [6, 6.07) is 12.2. The molecule has 1 aliphatic heterocycles. The summed E-state index contributed by atoms with van der Waals surface area (Å²) in [5, 5.41) is 4.10. The van der Waals surface area contributed by atoms with Gasteiger partial charge in [-0.25, -0.2) is 9.37 Å². The molecule has 7 nitrogen and oxygen atoms in total. The molecule has 3 heterocycles. The maximum atomic E-state index is 13.4. The Balaban J connectivity index is 1.20. The fourth-order valence-electron chi connectivity index (χ4n) is 3.93. The molecule has 0 radical (unpaired) electrons. The van der Waals surface area contributed by atoms with E-state index in [2.05, 4.69) is 25.0 Å². The zero-order valence-corrected chi connectivity index (χ0v) is 16.6. The number of ether oxygens (including phenoxy) is 1. The first-order chi connectivity index (χ1) is 14.7. The van der Waals surface area contributed by atoms with E-state index < -0.39 is 0 Å². The van der Waals surface area contributed by atoms with E-state index in [-0.39, 0.29) is 5.82 Å². The zero-order chi connectivity index (χ0) is 20.5. The number of piperidine rings is 1. The molecule has 1 fully saturated rings. The highest BCUT2D eigenvalue weighted by Crippen LogP contribution is 2.29. The van der Waals surface area contributed by atoms with E-state index in [1.165, 1.54) is 12.1 Å². The topological polar surface area (TPSA) is 80.1 Å². The number of aromatic nitrogens is 4. The van der Waals surface area contributed by atoms with Gasteiger partial charge in [0, 0.05) is 11.5 Å². The summed E-state index contributed by atoms with van der Waals surface area (Å²) < 4.78 is 24.0. The number of imidazole rings is 1. The minimum atomic E-state index is -0.249. The molecule has 0 bridgehead atoms. The largest absolute Gasteiger partial charge is 0.497 e. The average Bonchev–Trinajstić information content (AvgIpc) is 3.41. The number of likely N-dealkylation sites (tertiary alicyclic amines) is 1. The van der Waals surface area contributed by atoms with Crippen molar-refractivity contribution >= 4 is 11.0 Å². The van der Waals surface area contributed by atoms with Crippen LogP contribution >= 0.6 is 0 Å². The van der Waals surface area contributed by atoms with E-state index in [0.717, 1.165) is 54.1 Å². The summed E-state index contributed by atoms with van der Waals surface area (Å²) in [5.41, 5.74) is 2.46. The van der Waals surface area contributed by atoms with Crippen LogP contribution in [-0.4, -0.2) is 45.2 Å². The molecule has 8 heteroatoms. The van der Waals surface area contributed by atoms with Crippen molar-refractivity contribution in [1.29, 1.82) is 0 Å². The second-order valence-electron chi connectivity index (χ2n) is 7.57. The first-order valence-corrected chi connectivity index (χ1v) is 10.0. The lowest BCUT2D eigenvalue weighted by molar-refractivity contribution is 0.179. The highest BCUT2D eigenvalue weighted by molar-refractivity contribution is 5.75. The van der Waals surface area contributed by atoms with Crippen LogP contribution in [0.3, 0.4) is 0 Å². The maximum absolute atomic E-state index is 13.4. The number of hydrogen-bond donors (Lipinski definition) is 1. The monoisotopic (exact) mass is 407 g/mol. The molecule has 5 rings (SSSR count). The predicted molar refractivity (Wildman–Crippen MR) is 110 cm³/mol. The number of benzene rings is 2. The number of halogens is 1. The van der Waals surface area contributed by atoms with Crippen molar-refractivity contribution in [2.24, 2.45) is 0 Å². The van der Waals surface area contributed by atoms with Crippen LogP contribution < -0.4 is 4.74 Å². The van der Waals surface area contributed by atoms with Crippen molar-refractivity contribution < 1.29 is 13.7 Å². The van der Waals surface area contributed by atoms with E-state index in [1.807, 2.05) is 24.3 Å². The van der Waals surface area contributed by atoms with Gasteiger partial charge >= 0.3 is 0 Å². The van der Waals surface area contributed by atoms with Gasteiger partial charge in [-0.1, -0.05) is 5.16 Å². The van der Waals surface area contributed by atoms with E-state index in [9.17, 15) is 4.39 Å². The van der Waals surface area contributed by atoms with E-state index >= 15 is 0 Å². The zero-order valence-electron chi connectivity index (χ0n) is 16.6. The molecule has 1 aliphatic rings. The van der Waals surface area contributed by atoms with Crippen LogP contribution in [0.2, 0.25) is 0 Å². The second kappa shape index (κ2) is 7.87. The molecule has 0 atom stereocenters. The molecular formula is C22H22FN5O2. The van der Waals surface area contributed by atoms with Gasteiger partial charge in [-0.3, -0.25) is 4.90 Å². The third-order valence-electron chi connectivity index (χ3n) is 5.61. The summed E-state index contributed by atoms with van der Waals surface area (Å²) >= 11 is 0. The van der Waals surface area contributed by atoms with Crippen LogP contribution in [-0.2, 0) is 6.54 Å². The number of aromatic amines is 1. The fraction of sp³-hybridized carbons (Fsp3) is 0.318. The number of nitrogens with one attached hydrogen (secondary N) is 1. The number of fused-ring (bicyclic) bond motifs is 1. The van der Waals surface area contributed by atoms with Gasteiger partial charge in [0.25, 0.3) is 0 Å². The summed E-state index contributed by atoms with van der Waals surface area (Å²) in [4.78, 5) is 14.8. The van der Waals surface area contributed by atoms with Crippen molar-refractivity contribution in [1.82, 2.24) is 25.0 Å². The molecular weight excluding hydrogens is 385 g/mol. The van der Waals surface area contributed by atoms with Gasteiger partial charge in [0.2, 0.25) is 11.7 Å². The Morgan fingerprint density at radius 3 is 2.70 bits per heavy atom. The van der Waals surface area contributed by atoms with E-state index in [0.29, 0.717) is 24.2 Å². The normalized spacial score (nSPS) is 15.7. The quantitative estimate of drug-likeness (QED) is 0.536. The molecule has 0 spiro atoms. The lowest BCUT2D eigenvalue weighted by Gasteiger charge is -2.29. The highest BCUT2D eigenvalue weighted by Gasteiger charge is 2.24. The predicted octanol–water partition coefficient (Wildman–Crippen LogP) is 4.14. The fourth-order valence-corrected chi connectivity index (χ4v) is 3.93. The number of nitrogens with zero attached hydrogens (tertiary/aromatic N) is 4. The molecule has 154 valence electrons. The molecule has 0 amide bonds. The molecule has 1 N–H and O–H groups in total. The Morgan fingerprint density at radius 1 is 1.13 bits per heavy atom. The van der Waals surface area contributed by atoms with Gasteiger partial charge in [-0.15, -0.1) is 0 Å². The molecule has 4 aromatic rings. The van der Waals surface area contributed by atoms with Gasteiger partial charge in [0.15, 0.2) is 0 Å². The maximum Gasteiger partial charge on any atom is 0.241 e. The number of H-pyrrole nitrogens is 1. The lowest BCUT2D eigenvalue weighted by atomic mass is 9.96. The summed E-state index contributed by atoms with van der Waals surface area (Å²) in [6.07, 6.45) is 1.95. The van der Waals surface area contributed by atoms with Crippen molar-refractivity contribution in [2.75, 3.05) is 20.2 Å². The first kappa shape index (κ1) is 18.7. The van der Waals surface area contributed by atoms with Crippen molar-refractivity contribution in [3.05, 3.63) is 60.0 Å². The van der Waals surface area contributed by atoms with Crippen LogP contribution in [0.1, 0.15) is 30.5 Å². The Hall–Kier alpha value is -3.26. The van der Waals surface area contributed by atoms with E-state index in [1.54, 1.807) is 13.2 Å². The molecule has 0 aliphatic carbocycles. The SMILES string of the molecule is COc1ccc(-c2noc(CN3CCC(c4nc5ccc(F)cc5[nH]4)CC3)n2)cc1. The van der Waals surface area contributed by atoms with Crippen molar-refractivity contribution in [3.63, 3.8) is 0 Å². The minimum Gasteiger partial charge on any atom is -0.497 e. The molecule has 0 saturated carbocycles.